The maximum Gasteiger partial charge on any atom is 0.345 e. The Balaban J connectivity index is 1.71. The molecule has 1 fully saturated rings. The molecule has 2 heterocycles. The van der Waals surface area contributed by atoms with E-state index < -0.39 is 17.6 Å². The van der Waals surface area contributed by atoms with Gasteiger partial charge < -0.3 is 15.0 Å². The highest BCUT2D eigenvalue weighted by molar-refractivity contribution is 5.80. The largest absolute Gasteiger partial charge is 0.481 e. The normalized spacial score (nSPS) is 19.3. The topological polar surface area (TPSA) is 103 Å². The zero-order chi connectivity index (χ0) is 19.6. The molecule has 0 bridgehead atoms. The predicted molar refractivity (Wildman–Crippen MR) is 99.5 cm³/mol. The second kappa shape index (κ2) is 7.73. The van der Waals surface area contributed by atoms with Gasteiger partial charge in [0.2, 0.25) is 5.91 Å². The third-order valence-electron chi connectivity index (χ3n) is 5.26. The van der Waals surface area contributed by atoms with Gasteiger partial charge in [-0.15, -0.1) is 0 Å². The van der Waals surface area contributed by atoms with E-state index in [-0.39, 0.29) is 24.8 Å². The fourth-order valence-corrected chi connectivity index (χ4v) is 3.81. The van der Waals surface area contributed by atoms with E-state index in [1.54, 1.807) is 18.7 Å². The summed E-state index contributed by atoms with van der Waals surface area (Å²) in [6.45, 7) is 4.17. The van der Waals surface area contributed by atoms with E-state index in [4.69, 9.17) is 0 Å². The van der Waals surface area contributed by atoms with Gasteiger partial charge in [-0.1, -0.05) is 30.3 Å². The van der Waals surface area contributed by atoms with Gasteiger partial charge in [-0.05, 0) is 31.4 Å². The number of hydrogen-bond acceptors (Lipinski definition) is 4. The zero-order valence-corrected chi connectivity index (χ0v) is 15.4. The third-order valence-corrected chi connectivity index (χ3v) is 5.26. The average molecular weight is 369 g/mol. The number of carboxylic acids is 1. The molecule has 0 aliphatic carbocycles. The van der Waals surface area contributed by atoms with Crippen LogP contribution in [-0.4, -0.2) is 44.9 Å². The lowest BCUT2D eigenvalue weighted by atomic mass is 9.89. The fraction of sp³-hybridized carbons (Fsp3) is 0.400. The van der Waals surface area contributed by atoms with E-state index in [1.807, 2.05) is 30.3 Å². The highest BCUT2D eigenvalue weighted by atomic mass is 16.4. The molecular formula is C20H23N3O4. The van der Waals surface area contributed by atoms with E-state index in [9.17, 15) is 19.5 Å². The average Bonchev–Trinajstić information content (AvgIpc) is 3.07. The molecule has 142 valence electrons. The van der Waals surface area contributed by atoms with Crippen molar-refractivity contribution in [3.8, 4) is 0 Å². The van der Waals surface area contributed by atoms with Gasteiger partial charge in [-0.2, -0.15) is 4.98 Å². The van der Waals surface area contributed by atoms with Crippen molar-refractivity contribution in [3.05, 3.63) is 63.3 Å². The van der Waals surface area contributed by atoms with Crippen molar-refractivity contribution in [2.24, 2.45) is 5.92 Å². The molecule has 1 aliphatic heterocycles. The summed E-state index contributed by atoms with van der Waals surface area (Å²) in [4.78, 5) is 43.9. The molecule has 0 unspecified atom stereocenters. The SMILES string of the molecule is Cc1nc(=O)[nH]c(C)c1CCC(=O)N1C[C@H](C(=O)O)[C@@H](c2ccccc2)C1. The van der Waals surface area contributed by atoms with Crippen molar-refractivity contribution in [1.29, 1.82) is 0 Å². The predicted octanol–water partition coefficient (Wildman–Crippen LogP) is 1.65. The van der Waals surface area contributed by atoms with Gasteiger partial charge in [-0.3, -0.25) is 9.59 Å². The number of benzene rings is 1. The van der Waals surface area contributed by atoms with Crippen molar-refractivity contribution >= 4 is 11.9 Å². The molecule has 27 heavy (non-hydrogen) atoms. The Bertz CT molecular complexity index is 881. The summed E-state index contributed by atoms with van der Waals surface area (Å²) in [7, 11) is 0. The zero-order valence-electron chi connectivity index (χ0n) is 15.4. The van der Waals surface area contributed by atoms with E-state index in [0.717, 1.165) is 11.1 Å². The highest BCUT2D eigenvalue weighted by Crippen LogP contribution is 2.33. The molecule has 1 aromatic carbocycles. The van der Waals surface area contributed by atoms with Gasteiger partial charge in [0.05, 0.1) is 5.92 Å². The summed E-state index contributed by atoms with van der Waals surface area (Å²) < 4.78 is 0. The Hall–Kier alpha value is -2.96. The molecule has 2 atom stereocenters. The van der Waals surface area contributed by atoms with Crippen LogP contribution in [0.25, 0.3) is 0 Å². The summed E-state index contributed by atoms with van der Waals surface area (Å²) in [6.07, 6.45) is 0.716. The summed E-state index contributed by atoms with van der Waals surface area (Å²) in [6, 6.07) is 9.47. The minimum atomic E-state index is -0.879. The van der Waals surface area contributed by atoms with Crippen LogP contribution in [0.2, 0.25) is 0 Å². The maximum atomic E-state index is 12.7. The number of H-pyrrole nitrogens is 1. The molecule has 1 aromatic heterocycles. The molecule has 0 saturated carbocycles. The molecule has 0 spiro atoms. The molecule has 2 N–H and O–H groups in total. The monoisotopic (exact) mass is 369 g/mol. The van der Waals surface area contributed by atoms with Gasteiger partial charge in [0.15, 0.2) is 0 Å². The molecule has 1 aliphatic rings. The van der Waals surface area contributed by atoms with Crippen LogP contribution < -0.4 is 5.69 Å². The second-order valence-electron chi connectivity index (χ2n) is 6.99. The Morgan fingerprint density at radius 3 is 2.56 bits per heavy atom. The molecule has 3 rings (SSSR count). The van der Waals surface area contributed by atoms with Crippen LogP contribution in [0.15, 0.2) is 35.1 Å². The van der Waals surface area contributed by atoms with Crippen molar-refractivity contribution in [3.63, 3.8) is 0 Å². The van der Waals surface area contributed by atoms with Crippen molar-refractivity contribution in [2.45, 2.75) is 32.6 Å². The molecule has 7 heteroatoms. The van der Waals surface area contributed by atoms with Crippen molar-refractivity contribution < 1.29 is 14.7 Å². The van der Waals surface area contributed by atoms with Crippen LogP contribution in [0.3, 0.4) is 0 Å². The van der Waals surface area contributed by atoms with Crippen molar-refractivity contribution in [1.82, 2.24) is 14.9 Å². The van der Waals surface area contributed by atoms with Crippen LogP contribution >= 0.6 is 0 Å². The molecular weight excluding hydrogens is 346 g/mol. The van der Waals surface area contributed by atoms with Gasteiger partial charge in [0.25, 0.3) is 0 Å². The highest BCUT2D eigenvalue weighted by Gasteiger charge is 2.40. The number of carbonyl (C=O) groups excluding carboxylic acids is 1. The van der Waals surface area contributed by atoms with Crippen LogP contribution in [0.4, 0.5) is 0 Å². The first-order chi connectivity index (χ1) is 12.9. The van der Waals surface area contributed by atoms with Gasteiger partial charge in [0, 0.05) is 36.8 Å². The number of aryl methyl sites for hydroxylation is 2. The first-order valence-electron chi connectivity index (χ1n) is 8.98. The summed E-state index contributed by atoms with van der Waals surface area (Å²) in [5.41, 5.74) is 2.74. The standard InChI is InChI=1S/C20H23N3O4/c1-12-15(13(2)22-20(27)21-12)8-9-18(24)23-10-16(17(11-23)19(25)26)14-6-4-3-5-7-14/h3-7,16-17H,8-11H2,1-2H3,(H,25,26)(H,21,22,27)/t16-,17+/m1/s1. The van der Waals surface area contributed by atoms with Crippen LogP contribution in [0.5, 0.6) is 0 Å². The van der Waals surface area contributed by atoms with Crippen LogP contribution in [-0.2, 0) is 16.0 Å². The first kappa shape index (κ1) is 18.8. The van der Waals surface area contributed by atoms with Gasteiger partial charge in [0.1, 0.15) is 0 Å². The van der Waals surface area contributed by atoms with Crippen molar-refractivity contribution in [2.75, 3.05) is 13.1 Å². The summed E-state index contributed by atoms with van der Waals surface area (Å²) in [5, 5.41) is 9.57. The third kappa shape index (κ3) is 4.07. The lowest BCUT2D eigenvalue weighted by Gasteiger charge is -2.17. The Labute approximate surface area is 157 Å². The molecule has 1 saturated heterocycles. The van der Waals surface area contributed by atoms with E-state index in [1.165, 1.54) is 0 Å². The maximum absolute atomic E-state index is 12.7. The number of nitrogens with one attached hydrogen (secondary N) is 1. The quantitative estimate of drug-likeness (QED) is 0.834. The number of likely N-dealkylation sites (tertiary alicyclic amines) is 1. The number of hydrogen-bond donors (Lipinski definition) is 2. The number of amides is 1. The number of carbonyl (C=O) groups is 2. The fourth-order valence-electron chi connectivity index (χ4n) is 3.81. The molecule has 0 radical (unpaired) electrons. The number of carboxylic acid groups (broad SMARTS) is 1. The molecule has 2 aromatic rings. The Kier molecular flexibility index (Phi) is 5.39. The summed E-state index contributed by atoms with van der Waals surface area (Å²) >= 11 is 0. The molecule has 7 nitrogen and oxygen atoms in total. The number of aromatic nitrogens is 2. The number of aliphatic carboxylic acids is 1. The number of aromatic amines is 1. The Morgan fingerprint density at radius 2 is 1.93 bits per heavy atom. The number of nitrogens with zero attached hydrogens (tertiary/aromatic N) is 2. The molecule has 1 amide bonds. The van der Waals surface area contributed by atoms with E-state index >= 15 is 0 Å². The first-order valence-corrected chi connectivity index (χ1v) is 8.98. The van der Waals surface area contributed by atoms with Gasteiger partial charge >= 0.3 is 11.7 Å². The smallest absolute Gasteiger partial charge is 0.345 e. The van der Waals surface area contributed by atoms with Crippen LogP contribution in [0, 0.1) is 19.8 Å². The second-order valence-corrected chi connectivity index (χ2v) is 6.99. The lowest BCUT2D eigenvalue weighted by Crippen LogP contribution is -2.30. The minimum Gasteiger partial charge on any atom is -0.481 e. The lowest BCUT2D eigenvalue weighted by molar-refractivity contribution is -0.141. The number of rotatable bonds is 5. The summed E-state index contributed by atoms with van der Waals surface area (Å²) in [5.74, 6) is -1.76. The minimum absolute atomic E-state index is 0.0790. The van der Waals surface area contributed by atoms with Crippen LogP contribution in [0.1, 0.15) is 34.9 Å². The van der Waals surface area contributed by atoms with Gasteiger partial charge in [-0.25, -0.2) is 4.79 Å². The van der Waals surface area contributed by atoms with E-state index in [2.05, 4.69) is 9.97 Å². The van der Waals surface area contributed by atoms with E-state index in [0.29, 0.717) is 24.4 Å². The Morgan fingerprint density at radius 1 is 1.22 bits per heavy atom.